The molecule has 0 radical (unpaired) electrons. The number of nitrogens with zero attached hydrogens (tertiary/aromatic N) is 3. The number of halogens is 1. The minimum absolute atomic E-state index is 0.269. The van der Waals surface area contributed by atoms with Crippen LogP contribution in [-0.2, 0) is 6.54 Å². The molecule has 106 valence electrons. The highest BCUT2D eigenvalue weighted by Gasteiger charge is 2.16. The third-order valence-electron chi connectivity index (χ3n) is 3.31. The van der Waals surface area contributed by atoms with Crippen molar-refractivity contribution in [3.05, 3.63) is 72.6 Å². The Hall–Kier alpha value is -2.53. The van der Waals surface area contributed by atoms with Crippen molar-refractivity contribution < 1.29 is 9.50 Å². The van der Waals surface area contributed by atoms with Gasteiger partial charge >= 0.3 is 0 Å². The summed E-state index contributed by atoms with van der Waals surface area (Å²) >= 11 is 0. The molecule has 1 unspecified atom stereocenters. The molecule has 2 aromatic carbocycles. The van der Waals surface area contributed by atoms with Gasteiger partial charge in [-0.15, -0.1) is 0 Å². The maximum atomic E-state index is 14.0. The maximum absolute atomic E-state index is 14.0. The van der Waals surface area contributed by atoms with E-state index in [9.17, 15) is 9.50 Å². The summed E-state index contributed by atoms with van der Waals surface area (Å²) < 4.78 is 15.5. The van der Waals surface area contributed by atoms with Crippen LogP contribution >= 0.6 is 0 Å². The molecule has 1 atom stereocenters. The number of hydrogen-bond donors (Lipinski definition) is 1. The Morgan fingerprint density at radius 1 is 1.05 bits per heavy atom. The van der Waals surface area contributed by atoms with Crippen molar-refractivity contribution in [3.63, 3.8) is 0 Å². The van der Waals surface area contributed by atoms with E-state index in [4.69, 9.17) is 0 Å². The van der Waals surface area contributed by atoms with Gasteiger partial charge in [0.2, 0.25) is 0 Å². The fraction of sp³-hybridized carbons (Fsp3) is 0.125. The van der Waals surface area contributed by atoms with Gasteiger partial charge in [0.15, 0.2) is 0 Å². The molecule has 0 aliphatic heterocycles. The van der Waals surface area contributed by atoms with Gasteiger partial charge in [0.1, 0.15) is 18.5 Å². The largest absolute Gasteiger partial charge is 0.386 e. The first kappa shape index (κ1) is 13.5. The third-order valence-corrected chi connectivity index (χ3v) is 3.31. The molecule has 5 heteroatoms. The van der Waals surface area contributed by atoms with E-state index in [1.807, 2.05) is 12.1 Å². The summed E-state index contributed by atoms with van der Waals surface area (Å²) in [5, 5.41) is 14.4. The number of benzene rings is 2. The topological polar surface area (TPSA) is 50.9 Å². The molecule has 4 nitrogen and oxygen atoms in total. The molecular weight excluding hydrogens is 269 g/mol. The number of aromatic nitrogens is 3. The SMILES string of the molecule is OC(Cn1cncn1)c1ccccc1-c1ccccc1F. The molecule has 1 heterocycles. The van der Waals surface area contributed by atoms with Crippen LogP contribution in [0.5, 0.6) is 0 Å². The molecule has 3 rings (SSSR count). The Balaban J connectivity index is 1.98. The Kier molecular flexibility index (Phi) is 3.75. The second-order valence-corrected chi connectivity index (χ2v) is 4.70. The zero-order valence-electron chi connectivity index (χ0n) is 11.2. The number of aliphatic hydroxyl groups is 1. The van der Waals surface area contributed by atoms with Gasteiger partial charge in [0.25, 0.3) is 0 Å². The number of hydrogen-bond acceptors (Lipinski definition) is 3. The van der Waals surface area contributed by atoms with Gasteiger partial charge in [-0.25, -0.2) is 9.37 Å². The van der Waals surface area contributed by atoms with Crippen LogP contribution in [0.2, 0.25) is 0 Å². The molecule has 0 aliphatic carbocycles. The maximum Gasteiger partial charge on any atom is 0.137 e. The smallest absolute Gasteiger partial charge is 0.137 e. The highest BCUT2D eigenvalue weighted by Crippen LogP contribution is 2.30. The predicted molar refractivity (Wildman–Crippen MR) is 76.8 cm³/mol. The zero-order valence-corrected chi connectivity index (χ0v) is 11.2. The second-order valence-electron chi connectivity index (χ2n) is 4.70. The minimum atomic E-state index is -0.789. The molecule has 0 saturated heterocycles. The van der Waals surface area contributed by atoms with E-state index in [1.165, 1.54) is 18.7 Å². The lowest BCUT2D eigenvalue weighted by atomic mass is 9.96. The predicted octanol–water partition coefficient (Wildman–Crippen LogP) is 2.82. The lowest BCUT2D eigenvalue weighted by Gasteiger charge is -2.16. The zero-order chi connectivity index (χ0) is 14.7. The first-order chi connectivity index (χ1) is 10.3. The van der Waals surface area contributed by atoms with E-state index in [2.05, 4.69) is 10.1 Å². The van der Waals surface area contributed by atoms with Crippen molar-refractivity contribution in [3.8, 4) is 11.1 Å². The lowest BCUT2D eigenvalue weighted by molar-refractivity contribution is 0.152. The first-order valence-electron chi connectivity index (χ1n) is 6.60. The summed E-state index contributed by atoms with van der Waals surface area (Å²) in [6.07, 6.45) is 2.16. The Bertz CT molecular complexity index is 728. The molecule has 3 aromatic rings. The second kappa shape index (κ2) is 5.85. The fourth-order valence-electron chi connectivity index (χ4n) is 2.32. The average molecular weight is 283 g/mol. The monoisotopic (exact) mass is 283 g/mol. The van der Waals surface area contributed by atoms with Crippen molar-refractivity contribution in [2.75, 3.05) is 0 Å². The molecule has 1 aromatic heterocycles. The van der Waals surface area contributed by atoms with E-state index < -0.39 is 6.10 Å². The van der Waals surface area contributed by atoms with E-state index >= 15 is 0 Å². The fourth-order valence-corrected chi connectivity index (χ4v) is 2.32. The van der Waals surface area contributed by atoms with Crippen LogP contribution in [0.3, 0.4) is 0 Å². The molecule has 21 heavy (non-hydrogen) atoms. The van der Waals surface area contributed by atoms with Crippen molar-refractivity contribution in [2.45, 2.75) is 12.6 Å². The Morgan fingerprint density at radius 2 is 1.76 bits per heavy atom. The van der Waals surface area contributed by atoms with Gasteiger partial charge in [-0.3, -0.25) is 4.68 Å². The minimum Gasteiger partial charge on any atom is -0.386 e. The molecule has 0 spiro atoms. The average Bonchev–Trinajstić information content (AvgIpc) is 3.01. The Morgan fingerprint density at radius 3 is 2.48 bits per heavy atom. The van der Waals surface area contributed by atoms with E-state index in [0.29, 0.717) is 16.7 Å². The number of aliphatic hydroxyl groups excluding tert-OH is 1. The van der Waals surface area contributed by atoms with Gasteiger partial charge in [0, 0.05) is 5.56 Å². The molecule has 0 saturated carbocycles. The van der Waals surface area contributed by atoms with Crippen LogP contribution in [0.25, 0.3) is 11.1 Å². The molecule has 1 N–H and O–H groups in total. The van der Waals surface area contributed by atoms with Crippen LogP contribution in [-0.4, -0.2) is 19.9 Å². The van der Waals surface area contributed by atoms with Crippen molar-refractivity contribution >= 4 is 0 Å². The molecule has 0 amide bonds. The highest BCUT2D eigenvalue weighted by atomic mass is 19.1. The summed E-state index contributed by atoms with van der Waals surface area (Å²) in [6, 6.07) is 13.8. The first-order valence-corrected chi connectivity index (χ1v) is 6.60. The molecule has 0 bridgehead atoms. The van der Waals surface area contributed by atoms with E-state index in [-0.39, 0.29) is 12.4 Å². The van der Waals surface area contributed by atoms with E-state index in [0.717, 1.165) is 0 Å². The van der Waals surface area contributed by atoms with E-state index in [1.54, 1.807) is 35.0 Å². The van der Waals surface area contributed by atoms with Crippen molar-refractivity contribution in [1.82, 2.24) is 14.8 Å². The number of rotatable bonds is 4. The summed E-state index contributed by atoms with van der Waals surface area (Å²) in [5.74, 6) is -0.307. The van der Waals surface area contributed by atoms with Gasteiger partial charge in [-0.2, -0.15) is 5.10 Å². The summed E-state index contributed by atoms with van der Waals surface area (Å²) in [6.45, 7) is 0.269. The van der Waals surface area contributed by atoms with Crippen LogP contribution in [0.4, 0.5) is 4.39 Å². The lowest BCUT2D eigenvalue weighted by Crippen LogP contribution is -2.10. The van der Waals surface area contributed by atoms with Gasteiger partial charge in [-0.05, 0) is 17.2 Å². The van der Waals surface area contributed by atoms with Gasteiger partial charge in [0.05, 0.1) is 12.6 Å². The molecule has 0 aliphatic rings. The molecule has 0 fully saturated rings. The van der Waals surface area contributed by atoms with Gasteiger partial charge in [-0.1, -0.05) is 42.5 Å². The standard InChI is InChI=1S/C16H14FN3O/c17-15-8-4-3-6-13(15)12-5-1-2-7-14(12)16(21)9-20-11-18-10-19-20/h1-8,10-11,16,21H,9H2. The normalized spacial score (nSPS) is 12.3. The van der Waals surface area contributed by atoms with Crippen molar-refractivity contribution in [1.29, 1.82) is 0 Å². The highest BCUT2D eigenvalue weighted by molar-refractivity contribution is 5.68. The quantitative estimate of drug-likeness (QED) is 0.801. The van der Waals surface area contributed by atoms with Crippen LogP contribution < -0.4 is 0 Å². The summed E-state index contributed by atoms with van der Waals surface area (Å²) in [4.78, 5) is 3.84. The third kappa shape index (κ3) is 2.83. The van der Waals surface area contributed by atoms with Crippen molar-refractivity contribution in [2.24, 2.45) is 0 Å². The van der Waals surface area contributed by atoms with Crippen LogP contribution in [0.1, 0.15) is 11.7 Å². The van der Waals surface area contributed by atoms with Crippen LogP contribution in [0, 0.1) is 5.82 Å². The summed E-state index contributed by atoms with van der Waals surface area (Å²) in [7, 11) is 0. The Labute approximate surface area is 121 Å². The van der Waals surface area contributed by atoms with Crippen LogP contribution in [0.15, 0.2) is 61.2 Å². The molecular formula is C16H14FN3O. The van der Waals surface area contributed by atoms with Gasteiger partial charge < -0.3 is 5.11 Å². The summed E-state index contributed by atoms with van der Waals surface area (Å²) in [5.41, 5.74) is 1.83.